The maximum absolute atomic E-state index is 13.8. The van der Waals surface area contributed by atoms with Crippen LogP contribution in [0, 0.1) is 6.92 Å². The van der Waals surface area contributed by atoms with Gasteiger partial charge in [0.1, 0.15) is 5.75 Å². The molecular formula is C25H23ClN2O3S. The second-order valence-corrected chi connectivity index (χ2v) is 10.4. The molecule has 1 aliphatic rings. The first kappa shape index (κ1) is 21.1. The highest BCUT2D eigenvalue weighted by Gasteiger charge is 2.39. The summed E-state index contributed by atoms with van der Waals surface area (Å²) < 4.78 is 34.3. The van der Waals surface area contributed by atoms with Gasteiger partial charge in [-0.15, -0.1) is 0 Å². The van der Waals surface area contributed by atoms with Crippen molar-refractivity contribution in [3.05, 3.63) is 94.1 Å². The van der Waals surface area contributed by atoms with E-state index < -0.39 is 16.1 Å². The highest BCUT2D eigenvalue weighted by Crippen LogP contribution is 2.41. The van der Waals surface area contributed by atoms with E-state index in [1.807, 2.05) is 49.4 Å². The molecule has 5 nitrogen and oxygen atoms in total. The summed E-state index contributed by atoms with van der Waals surface area (Å²) in [4.78, 5) is 3.74. The Bertz CT molecular complexity index is 1390. The molecule has 0 spiro atoms. The van der Waals surface area contributed by atoms with Crippen LogP contribution in [0.4, 0.5) is 0 Å². The Labute approximate surface area is 192 Å². The molecule has 7 heteroatoms. The van der Waals surface area contributed by atoms with Gasteiger partial charge in [-0.1, -0.05) is 41.4 Å². The number of halogens is 1. The molecule has 1 aliphatic heterocycles. The summed E-state index contributed by atoms with van der Waals surface area (Å²) in [6, 6.07) is 19.9. The fourth-order valence-electron chi connectivity index (χ4n) is 4.46. The SMILES string of the molecule is COc1ccc(S(=O)(=O)N2CCc3c([nH]c4ccc(Cl)cc34)[C@@H]2c2ccc(C)cc2)cc1. The zero-order chi connectivity index (χ0) is 22.5. The van der Waals surface area contributed by atoms with E-state index in [2.05, 4.69) is 4.98 Å². The van der Waals surface area contributed by atoms with E-state index in [4.69, 9.17) is 16.3 Å². The van der Waals surface area contributed by atoms with Crippen LogP contribution in [-0.4, -0.2) is 31.4 Å². The third-order valence-corrected chi connectivity index (χ3v) is 8.22. The lowest BCUT2D eigenvalue weighted by molar-refractivity contribution is 0.340. The molecule has 5 rings (SSSR count). The van der Waals surface area contributed by atoms with Crippen molar-refractivity contribution in [2.45, 2.75) is 24.3 Å². The number of methoxy groups -OCH3 is 1. The molecule has 1 aromatic heterocycles. The number of hydrogen-bond acceptors (Lipinski definition) is 3. The Morgan fingerprint density at radius 1 is 1.03 bits per heavy atom. The predicted molar refractivity (Wildman–Crippen MR) is 127 cm³/mol. The molecule has 0 saturated heterocycles. The van der Waals surface area contributed by atoms with Crippen molar-refractivity contribution in [2.24, 2.45) is 0 Å². The summed E-state index contributed by atoms with van der Waals surface area (Å²) >= 11 is 6.26. The molecule has 0 fully saturated rings. The van der Waals surface area contributed by atoms with Crippen molar-refractivity contribution in [3.63, 3.8) is 0 Å². The van der Waals surface area contributed by atoms with Crippen LogP contribution < -0.4 is 4.74 Å². The molecule has 4 aromatic rings. The van der Waals surface area contributed by atoms with Gasteiger partial charge in [-0.2, -0.15) is 4.31 Å². The molecule has 0 radical (unpaired) electrons. The molecule has 0 aliphatic carbocycles. The topological polar surface area (TPSA) is 62.4 Å². The van der Waals surface area contributed by atoms with Gasteiger partial charge in [0.2, 0.25) is 10.0 Å². The minimum atomic E-state index is -3.75. The smallest absolute Gasteiger partial charge is 0.244 e. The normalized spacial score (nSPS) is 16.8. The number of rotatable bonds is 4. The third-order valence-electron chi connectivity index (χ3n) is 6.10. The van der Waals surface area contributed by atoms with Gasteiger partial charge in [-0.25, -0.2) is 8.42 Å². The van der Waals surface area contributed by atoms with Crippen LogP contribution in [0.25, 0.3) is 10.9 Å². The number of H-pyrrole nitrogens is 1. The van der Waals surface area contributed by atoms with E-state index >= 15 is 0 Å². The summed E-state index contributed by atoms with van der Waals surface area (Å²) in [5.74, 6) is 0.618. The van der Waals surface area contributed by atoms with Crippen LogP contribution in [0.5, 0.6) is 5.75 Å². The molecular weight excluding hydrogens is 444 g/mol. The lowest BCUT2D eigenvalue weighted by atomic mass is 9.94. The summed E-state index contributed by atoms with van der Waals surface area (Å²) in [5, 5.41) is 1.71. The summed E-state index contributed by atoms with van der Waals surface area (Å²) in [6.07, 6.45) is 0.605. The second kappa shape index (κ2) is 7.96. The standard InChI is InChI=1S/C25H23ClN2O3S/c1-16-3-5-17(6-4-16)25-24-21(22-15-18(26)7-12-23(22)27-24)13-14-28(25)32(29,30)20-10-8-19(31-2)9-11-20/h3-12,15,25,27H,13-14H2,1-2H3/t25-/m0/s1. The van der Waals surface area contributed by atoms with E-state index in [1.165, 1.54) is 0 Å². The molecule has 0 amide bonds. The molecule has 164 valence electrons. The number of nitrogens with zero attached hydrogens (tertiary/aromatic N) is 1. The fourth-order valence-corrected chi connectivity index (χ4v) is 6.22. The van der Waals surface area contributed by atoms with Gasteiger partial charge in [0.05, 0.1) is 18.0 Å². The maximum Gasteiger partial charge on any atom is 0.244 e. The number of benzene rings is 3. The number of aryl methyl sites for hydroxylation is 1. The second-order valence-electron chi connectivity index (χ2n) is 8.06. The quantitative estimate of drug-likeness (QED) is 0.433. The highest BCUT2D eigenvalue weighted by atomic mass is 35.5. The zero-order valence-corrected chi connectivity index (χ0v) is 19.4. The van der Waals surface area contributed by atoms with Crippen molar-refractivity contribution < 1.29 is 13.2 Å². The van der Waals surface area contributed by atoms with Crippen LogP contribution in [0.3, 0.4) is 0 Å². The van der Waals surface area contributed by atoms with E-state index in [-0.39, 0.29) is 4.90 Å². The lowest BCUT2D eigenvalue weighted by Gasteiger charge is -2.35. The number of aromatic amines is 1. The largest absolute Gasteiger partial charge is 0.497 e. The predicted octanol–water partition coefficient (Wildman–Crippen LogP) is 5.47. The Kier molecular flexibility index (Phi) is 5.24. The molecule has 2 heterocycles. The lowest BCUT2D eigenvalue weighted by Crippen LogP contribution is -2.40. The molecule has 32 heavy (non-hydrogen) atoms. The Hall–Kier alpha value is -2.80. The minimum Gasteiger partial charge on any atom is -0.497 e. The van der Waals surface area contributed by atoms with Gasteiger partial charge in [0, 0.05) is 28.2 Å². The average molecular weight is 467 g/mol. The number of ether oxygens (including phenoxy) is 1. The minimum absolute atomic E-state index is 0.248. The van der Waals surface area contributed by atoms with Crippen LogP contribution in [0.15, 0.2) is 71.6 Å². The van der Waals surface area contributed by atoms with Crippen LogP contribution in [0.2, 0.25) is 5.02 Å². The number of aromatic nitrogens is 1. The Balaban J connectivity index is 1.68. The fraction of sp³-hybridized carbons (Fsp3) is 0.200. The zero-order valence-electron chi connectivity index (χ0n) is 17.8. The monoisotopic (exact) mass is 466 g/mol. The van der Waals surface area contributed by atoms with Crippen LogP contribution >= 0.6 is 11.6 Å². The number of fused-ring (bicyclic) bond motifs is 3. The third kappa shape index (κ3) is 3.48. The molecule has 1 N–H and O–H groups in total. The van der Waals surface area contributed by atoms with Gasteiger partial charge in [0.15, 0.2) is 0 Å². The van der Waals surface area contributed by atoms with Crippen molar-refractivity contribution >= 4 is 32.5 Å². The molecule has 0 bridgehead atoms. The van der Waals surface area contributed by atoms with Crippen molar-refractivity contribution in [3.8, 4) is 5.75 Å². The first-order valence-corrected chi connectivity index (χ1v) is 12.2. The molecule has 1 atom stereocenters. The summed E-state index contributed by atoms with van der Waals surface area (Å²) in [7, 11) is -2.19. The van der Waals surface area contributed by atoms with E-state index in [1.54, 1.807) is 35.7 Å². The number of hydrogen-bond donors (Lipinski definition) is 1. The summed E-state index contributed by atoms with van der Waals surface area (Å²) in [5.41, 5.74) is 5.02. The van der Waals surface area contributed by atoms with Gasteiger partial charge in [-0.3, -0.25) is 0 Å². The van der Waals surface area contributed by atoms with Crippen molar-refractivity contribution in [2.75, 3.05) is 13.7 Å². The summed E-state index contributed by atoms with van der Waals surface area (Å²) in [6.45, 7) is 2.40. The van der Waals surface area contributed by atoms with Crippen molar-refractivity contribution in [1.82, 2.24) is 9.29 Å². The maximum atomic E-state index is 13.8. The highest BCUT2D eigenvalue weighted by molar-refractivity contribution is 7.89. The molecule has 3 aromatic carbocycles. The van der Waals surface area contributed by atoms with Gasteiger partial charge in [0.25, 0.3) is 0 Å². The number of sulfonamides is 1. The van der Waals surface area contributed by atoms with E-state index in [0.717, 1.165) is 33.3 Å². The molecule has 0 saturated carbocycles. The Morgan fingerprint density at radius 2 is 1.75 bits per heavy atom. The average Bonchev–Trinajstić information content (AvgIpc) is 3.17. The van der Waals surface area contributed by atoms with E-state index in [0.29, 0.717) is 23.7 Å². The van der Waals surface area contributed by atoms with Gasteiger partial charge in [-0.05, 0) is 66.9 Å². The first-order chi connectivity index (χ1) is 15.4. The van der Waals surface area contributed by atoms with E-state index in [9.17, 15) is 8.42 Å². The van der Waals surface area contributed by atoms with Crippen LogP contribution in [0.1, 0.15) is 28.4 Å². The molecule has 0 unspecified atom stereocenters. The van der Waals surface area contributed by atoms with Crippen molar-refractivity contribution in [1.29, 1.82) is 0 Å². The first-order valence-electron chi connectivity index (χ1n) is 10.4. The van der Waals surface area contributed by atoms with Gasteiger partial charge >= 0.3 is 0 Å². The Morgan fingerprint density at radius 3 is 2.44 bits per heavy atom. The van der Waals surface area contributed by atoms with Crippen LogP contribution in [-0.2, 0) is 16.4 Å². The number of nitrogens with one attached hydrogen (secondary N) is 1. The van der Waals surface area contributed by atoms with Gasteiger partial charge < -0.3 is 9.72 Å².